The van der Waals surface area contributed by atoms with Gasteiger partial charge in [0.25, 0.3) is 0 Å². The maximum Gasteiger partial charge on any atom is 0.319 e. The molecule has 1 heterocycles. The summed E-state index contributed by atoms with van der Waals surface area (Å²) in [6.07, 6.45) is 5.39. The first-order valence-electron chi connectivity index (χ1n) is 8.20. The highest BCUT2D eigenvalue weighted by Crippen LogP contribution is 2.46. The van der Waals surface area contributed by atoms with Gasteiger partial charge in [-0.1, -0.05) is 6.08 Å². The van der Waals surface area contributed by atoms with Crippen LogP contribution in [-0.2, 0) is 4.79 Å². The summed E-state index contributed by atoms with van der Waals surface area (Å²) >= 11 is 0. The number of likely N-dealkylation sites (tertiary alicyclic amines) is 1. The molecule has 1 aromatic rings. The fourth-order valence-electron chi connectivity index (χ4n) is 3.59. The van der Waals surface area contributed by atoms with E-state index in [1.54, 1.807) is 36.3 Å². The minimum atomic E-state index is -0.236. The van der Waals surface area contributed by atoms with Crippen LogP contribution in [0.3, 0.4) is 0 Å². The maximum absolute atomic E-state index is 12.2. The Labute approximate surface area is 141 Å². The molecule has 0 aromatic heterocycles. The SMILES string of the molecule is COc1ccc(NC(=O)NCC23CCC=C2N(C)C(=O)CC3)cc1. The maximum atomic E-state index is 12.2. The summed E-state index contributed by atoms with van der Waals surface area (Å²) in [5.74, 6) is 0.900. The molecule has 0 radical (unpaired) electrons. The third-order valence-electron chi connectivity index (χ3n) is 4.99. The smallest absolute Gasteiger partial charge is 0.319 e. The van der Waals surface area contributed by atoms with E-state index in [4.69, 9.17) is 4.74 Å². The van der Waals surface area contributed by atoms with Crippen LogP contribution in [0.25, 0.3) is 0 Å². The molecule has 1 aromatic carbocycles. The summed E-state index contributed by atoms with van der Waals surface area (Å²) < 4.78 is 5.10. The van der Waals surface area contributed by atoms with Gasteiger partial charge in [0, 0.05) is 36.8 Å². The number of methoxy groups -OCH3 is 1. The lowest BCUT2D eigenvalue weighted by molar-refractivity contribution is -0.131. The van der Waals surface area contributed by atoms with Crippen molar-refractivity contribution in [1.82, 2.24) is 10.2 Å². The Bertz CT molecular complexity index is 669. The van der Waals surface area contributed by atoms with Gasteiger partial charge in [-0.25, -0.2) is 4.79 Å². The van der Waals surface area contributed by atoms with Gasteiger partial charge in [-0.2, -0.15) is 0 Å². The topological polar surface area (TPSA) is 70.7 Å². The van der Waals surface area contributed by atoms with Gasteiger partial charge >= 0.3 is 6.03 Å². The van der Waals surface area contributed by atoms with E-state index in [0.29, 0.717) is 18.7 Å². The van der Waals surface area contributed by atoms with E-state index in [-0.39, 0.29) is 17.4 Å². The van der Waals surface area contributed by atoms with Crippen LogP contribution in [0.4, 0.5) is 10.5 Å². The van der Waals surface area contributed by atoms with Gasteiger partial charge < -0.3 is 20.3 Å². The molecular weight excluding hydrogens is 306 g/mol. The van der Waals surface area contributed by atoms with Crippen molar-refractivity contribution in [3.8, 4) is 5.75 Å². The van der Waals surface area contributed by atoms with E-state index in [0.717, 1.165) is 30.7 Å². The van der Waals surface area contributed by atoms with E-state index < -0.39 is 0 Å². The Morgan fingerprint density at radius 1 is 1.29 bits per heavy atom. The number of carbonyl (C=O) groups is 2. The molecule has 128 valence electrons. The van der Waals surface area contributed by atoms with Crippen LogP contribution < -0.4 is 15.4 Å². The van der Waals surface area contributed by atoms with Gasteiger partial charge in [0.1, 0.15) is 5.75 Å². The van der Waals surface area contributed by atoms with Crippen molar-refractivity contribution in [3.63, 3.8) is 0 Å². The van der Waals surface area contributed by atoms with Crippen LogP contribution in [-0.4, -0.2) is 37.5 Å². The Morgan fingerprint density at radius 3 is 2.75 bits per heavy atom. The number of urea groups is 1. The molecule has 3 amide bonds. The molecule has 0 saturated carbocycles. The fraction of sp³-hybridized carbons (Fsp3) is 0.444. The monoisotopic (exact) mass is 329 g/mol. The Balaban J connectivity index is 1.59. The fourth-order valence-corrected chi connectivity index (χ4v) is 3.59. The van der Waals surface area contributed by atoms with Crippen LogP contribution in [0.2, 0.25) is 0 Å². The highest BCUT2D eigenvalue weighted by Gasteiger charge is 2.44. The number of piperidine rings is 1. The predicted octanol–water partition coefficient (Wildman–Crippen LogP) is 2.73. The number of nitrogens with zero attached hydrogens (tertiary/aromatic N) is 1. The Hall–Kier alpha value is -2.50. The summed E-state index contributed by atoms with van der Waals surface area (Å²) in [6.45, 7) is 0.540. The van der Waals surface area contributed by atoms with Crippen molar-refractivity contribution < 1.29 is 14.3 Å². The summed E-state index contributed by atoms with van der Waals surface area (Å²) in [5, 5.41) is 5.79. The van der Waals surface area contributed by atoms with Crippen LogP contribution in [0.15, 0.2) is 36.0 Å². The number of anilines is 1. The van der Waals surface area contributed by atoms with Crippen LogP contribution in [0.1, 0.15) is 25.7 Å². The first kappa shape index (κ1) is 16.4. The summed E-state index contributed by atoms with van der Waals surface area (Å²) in [6, 6.07) is 6.96. The summed E-state index contributed by atoms with van der Waals surface area (Å²) in [4.78, 5) is 25.8. The second-order valence-electron chi connectivity index (χ2n) is 6.40. The van der Waals surface area contributed by atoms with Crippen molar-refractivity contribution in [2.75, 3.05) is 26.0 Å². The molecule has 1 aliphatic heterocycles. The summed E-state index contributed by atoms with van der Waals surface area (Å²) in [7, 11) is 3.43. The average Bonchev–Trinajstić information content (AvgIpc) is 3.02. The molecule has 2 N–H and O–H groups in total. The number of hydrogen-bond donors (Lipinski definition) is 2. The first-order valence-corrected chi connectivity index (χ1v) is 8.20. The molecule has 1 fully saturated rings. The van der Waals surface area contributed by atoms with Crippen LogP contribution in [0, 0.1) is 5.41 Å². The number of carbonyl (C=O) groups excluding carboxylic acids is 2. The number of amides is 3. The van der Waals surface area contributed by atoms with Gasteiger partial charge in [-0.05, 0) is 43.5 Å². The highest BCUT2D eigenvalue weighted by atomic mass is 16.5. The molecule has 6 nitrogen and oxygen atoms in total. The van der Waals surface area contributed by atoms with Crippen molar-refractivity contribution in [3.05, 3.63) is 36.0 Å². The van der Waals surface area contributed by atoms with E-state index in [9.17, 15) is 9.59 Å². The molecule has 0 bridgehead atoms. The minimum Gasteiger partial charge on any atom is -0.497 e. The molecule has 6 heteroatoms. The number of benzene rings is 1. The van der Waals surface area contributed by atoms with Gasteiger partial charge in [-0.15, -0.1) is 0 Å². The van der Waals surface area contributed by atoms with E-state index in [2.05, 4.69) is 16.7 Å². The van der Waals surface area contributed by atoms with E-state index in [1.807, 2.05) is 7.05 Å². The molecular formula is C18H23N3O3. The summed E-state index contributed by atoms with van der Waals surface area (Å²) in [5.41, 5.74) is 1.66. The lowest BCUT2D eigenvalue weighted by Crippen LogP contribution is -2.47. The number of nitrogens with one attached hydrogen (secondary N) is 2. The normalized spacial score (nSPS) is 22.7. The lowest BCUT2D eigenvalue weighted by Gasteiger charge is -2.41. The standard InChI is InChI=1S/C18H23N3O3/c1-21-15-4-3-10-18(15,11-9-16(21)22)12-19-17(23)20-13-5-7-14(24-2)8-6-13/h4-8H,3,9-12H2,1-2H3,(H2,19,20,23). The molecule has 3 rings (SSSR count). The lowest BCUT2D eigenvalue weighted by atomic mass is 9.77. The molecule has 1 unspecified atom stereocenters. The zero-order chi connectivity index (χ0) is 17.2. The minimum absolute atomic E-state index is 0.111. The molecule has 24 heavy (non-hydrogen) atoms. The molecule has 1 saturated heterocycles. The Morgan fingerprint density at radius 2 is 2.04 bits per heavy atom. The number of ether oxygens (including phenoxy) is 1. The largest absolute Gasteiger partial charge is 0.497 e. The molecule has 1 aliphatic carbocycles. The number of allylic oxidation sites excluding steroid dienone is 1. The molecule has 0 spiro atoms. The van der Waals surface area contributed by atoms with Crippen molar-refractivity contribution in [2.24, 2.45) is 5.41 Å². The van der Waals surface area contributed by atoms with Gasteiger partial charge in [0.2, 0.25) is 5.91 Å². The molecule has 1 atom stereocenters. The molecule has 2 aliphatic rings. The van der Waals surface area contributed by atoms with Crippen LogP contribution in [0.5, 0.6) is 5.75 Å². The highest BCUT2D eigenvalue weighted by molar-refractivity contribution is 5.89. The third-order valence-corrected chi connectivity index (χ3v) is 4.99. The third kappa shape index (κ3) is 3.09. The van der Waals surface area contributed by atoms with Crippen molar-refractivity contribution >= 4 is 17.6 Å². The Kier molecular flexibility index (Phi) is 4.46. The van der Waals surface area contributed by atoms with Crippen molar-refractivity contribution in [1.29, 1.82) is 0 Å². The number of fused-ring (bicyclic) bond motifs is 1. The second-order valence-corrected chi connectivity index (χ2v) is 6.40. The second kappa shape index (κ2) is 6.55. The quantitative estimate of drug-likeness (QED) is 0.892. The predicted molar refractivity (Wildman–Crippen MR) is 91.8 cm³/mol. The van der Waals surface area contributed by atoms with Gasteiger partial charge in [0.05, 0.1) is 7.11 Å². The van der Waals surface area contributed by atoms with Gasteiger partial charge in [-0.3, -0.25) is 4.79 Å². The van der Waals surface area contributed by atoms with E-state index >= 15 is 0 Å². The zero-order valence-corrected chi connectivity index (χ0v) is 14.1. The van der Waals surface area contributed by atoms with Crippen LogP contribution >= 0.6 is 0 Å². The number of rotatable bonds is 4. The van der Waals surface area contributed by atoms with E-state index in [1.165, 1.54) is 0 Å². The first-order chi connectivity index (χ1) is 11.5. The zero-order valence-electron chi connectivity index (χ0n) is 14.1. The number of hydrogen-bond acceptors (Lipinski definition) is 3. The van der Waals surface area contributed by atoms with Crippen molar-refractivity contribution in [2.45, 2.75) is 25.7 Å². The average molecular weight is 329 g/mol. The van der Waals surface area contributed by atoms with Gasteiger partial charge in [0.15, 0.2) is 0 Å².